The van der Waals surface area contributed by atoms with Crippen molar-refractivity contribution in [2.45, 2.75) is 95.0 Å². The zero-order chi connectivity index (χ0) is 27.2. The Balaban J connectivity index is 1.37. The van der Waals surface area contributed by atoms with Crippen molar-refractivity contribution in [1.29, 1.82) is 0 Å². The molecule has 0 aliphatic carbocycles. The molecule has 0 spiro atoms. The Hall–Kier alpha value is -3.47. The van der Waals surface area contributed by atoms with Crippen molar-refractivity contribution in [2.75, 3.05) is 12.4 Å². The van der Waals surface area contributed by atoms with E-state index in [0.717, 1.165) is 31.2 Å². The van der Waals surface area contributed by atoms with Gasteiger partial charge in [-0.05, 0) is 63.8 Å². The molecule has 5 atom stereocenters. The van der Waals surface area contributed by atoms with Gasteiger partial charge in [-0.25, -0.2) is 0 Å². The van der Waals surface area contributed by atoms with E-state index in [1.165, 1.54) is 0 Å². The standard InChI is InChI=1S/C27H38N6O5/c1-16(28-2)24(35)32-21-9-4-3-8-19-10-12-22(33(19)27(21)38)26(37)29-15-17-6-5-7-18(14-17)30-25(36)20-11-13-23(34)31-20/h5-7,14,16,19-22,28H,3-4,8-13,15H2,1-2H3,(H,29,37)(H,30,36)(H,31,34)(H,32,35). The summed E-state index contributed by atoms with van der Waals surface area (Å²) in [5.41, 5.74) is 1.38. The minimum absolute atomic E-state index is 0.00528. The molecule has 3 aliphatic rings. The van der Waals surface area contributed by atoms with Crippen LogP contribution in [0.2, 0.25) is 0 Å². The summed E-state index contributed by atoms with van der Waals surface area (Å²) in [6, 6.07) is 4.99. The molecular formula is C27H38N6O5. The van der Waals surface area contributed by atoms with Crippen LogP contribution in [0, 0.1) is 0 Å². The topological polar surface area (TPSA) is 149 Å². The van der Waals surface area contributed by atoms with Gasteiger partial charge in [0.1, 0.15) is 18.1 Å². The minimum Gasteiger partial charge on any atom is -0.350 e. The molecule has 0 radical (unpaired) electrons. The van der Waals surface area contributed by atoms with Crippen LogP contribution in [0.5, 0.6) is 0 Å². The van der Waals surface area contributed by atoms with Gasteiger partial charge in [-0.1, -0.05) is 25.0 Å². The Morgan fingerprint density at radius 3 is 2.58 bits per heavy atom. The third kappa shape index (κ3) is 6.50. The summed E-state index contributed by atoms with van der Waals surface area (Å²) in [4.78, 5) is 64.8. The summed E-state index contributed by atoms with van der Waals surface area (Å²) in [5.74, 6) is -1.04. The van der Waals surface area contributed by atoms with Crippen LogP contribution in [-0.4, -0.2) is 71.7 Å². The molecule has 0 saturated carbocycles. The SMILES string of the molecule is CNC(C)C(=O)NC1CCCCC2CCC(C(=O)NCc3cccc(NC(=O)C4CCC(=O)N4)c3)N2C1=O. The zero-order valence-electron chi connectivity index (χ0n) is 22.0. The maximum atomic E-state index is 13.5. The third-order valence-electron chi connectivity index (χ3n) is 7.75. The molecule has 38 heavy (non-hydrogen) atoms. The number of fused-ring (bicyclic) bond motifs is 1. The Bertz CT molecular complexity index is 1080. The van der Waals surface area contributed by atoms with Gasteiger partial charge in [0.15, 0.2) is 0 Å². The van der Waals surface area contributed by atoms with Crippen molar-refractivity contribution < 1.29 is 24.0 Å². The first-order valence-corrected chi connectivity index (χ1v) is 13.5. The highest BCUT2D eigenvalue weighted by Gasteiger charge is 2.43. The molecule has 11 heteroatoms. The van der Waals surface area contributed by atoms with E-state index in [2.05, 4.69) is 26.6 Å². The minimum atomic E-state index is -0.639. The van der Waals surface area contributed by atoms with Gasteiger partial charge >= 0.3 is 0 Å². The highest BCUT2D eigenvalue weighted by Crippen LogP contribution is 2.31. The molecule has 0 bridgehead atoms. The average molecular weight is 527 g/mol. The molecule has 206 valence electrons. The van der Waals surface area contributed by atoms with E-state index in [1.54, 1.807) is 37.1 Å². The third-order valence-corrected chi connectivity index (χ3v) is 7.75. The molecule has 3 aliphatic heterocycles. The van der Waals surface area contributed by atoms with Crippen LogP contribution in [-0.2, 0) is 30.5 Å². The molecule has 11 nitrogen and oxygen atoms in total. The molecule has 5 unspecified atom stereocenters. The number of benzene rings is 1. The lowest BCUT2D eigenvalue weighted by atomic mass is 9.98. The van der Waals surface area contributed by atoms with Crippen LogP contribution >= 0.6 is 0 Å². The van der Waals surface area contributed by atoms with Gasteiger partial charge in [-0.2, -0.15) is 0 Å². The van der Waals surface area contributed by atoms with Gasteiger partial charge in [-0.3, -0.25) is 24.0 Å². The highest BCUT2D eigenvalue weighted by atomic mass is 16.2. The Morgan fingerprint density at radius 1 is 1.05 bits per heavy atom. The van der Waals surface area contributed by atoms with Crippen LogP contribution in [0.15, 0.2) is 24.3 Å². The van der Waals surface area contributed by atoms with Crippen molar-refractivity contribution in [1.82, 2.24) is 26.2 Å². The predicted molar refractivity (Wildman–Crippen MR) is 141 cm³/mol. The van der Waals surface area contributed by atoms with Gasteiger partial charge in [0, 0.05) is 24.7 Å². The Labute approximate surface area is 222 Å². The molecule has 4 rings (SSSR count). The fourth-order valence-electron chi connectivity index (χ4n) is 5.46. The lowest BCUT2D eigenvalue weighted by Crippen LogP contribution is -2.57. The van der Waals surface area contributed by atoms with Gasteiger partial charge < -0.3 is 31.5 Å². The molecule has 3 fully saturated rings. The van der Waals surface area contributed by atoms with Crippen LogP contribution in [0.4, 0.5) is 5.69 Å². The summed E-state index contributed by atoms with van der Waals surface area (Å²) >= 11 is 0. The summed E-state index contributed by atoms with van der Waals surface area (Å²) in [6.07, 6.45) is 5.36. The van der Waals surface area contributed by atoms with Gasteiger partial charge in [0.25, 0.3) is 0 Å². The second kappa shape index (κ2) is 12.4. The first-order valence-electron chi connectivity index (χ1n) is 13.5. The Kier molecular flexibility index (Phi) is 8.98. The van der Waals surface area contributed by atoms with E-state index in [9.17, 15) is 24.0 Å². The van der Waals surface area contributed by atoms with Crippen molar-refractivity contribution in [3.63, 3.8) is 0 Å². The molecule has 3 saturated heterocycles. The summed E-state index contributed by atoms with van der Waals surface area (Å²) in [5, 5.41) is 14.2. The van der Waals surface area contributed by atoms with Crippen molar-refractivity contribution >= 4 is 35.2 Å². The number of hydrogen-bond acceptors (Lipinski definition) is 6. The van der Waals surface area contributed by atoms with Crippen LogP contribution in [0.3, 0.4) is 0 Å². The number of likely N-dealkylation sites (N-methyl/N-ethyl adjacent to an activating group) is 1. The predicted octanol–water partition coefficient (Wildman–Crippen LogP) is 0.546. The Morgan fingerprint density at radius 2 is 1.84 bits per heavy atom. The highest BCUT2D eigenvalue weighted by molar-refractivity contribution is 5.99. The first kappa shape index (κ1) is 27.6. The van der Waals surface area contributed by atoms with Crippen LogP contribution in [0.1, 0.15) is 63.9 Å². The van der Waals surface area contributed by atoms with E-state index >= 15 is 0 Å². The van der Waals surface area contributed by atoms with E-state index in [1.807, 2.05) is 6.07 Å². The number of carbonyl (C=O) groups excluding carboxylic acids is 5. The summed E-state index contributed by atoms with van der Waals surface area (Å²) in [6.45, 7) is 1.98. The van der Waals surface area contributed by atoms with Crippen molar-refractivity contribution in [3.8, 4) is 0 Å². The van der Waals surface area contributed by atoms with Gasteiger partial charge in [-0.15, -0.1) is 0 Å². The maximum Gasteiger partial charge on any atom is 0.246 e. The maximum absolute atomic E-state index is 13.5. The second-order valence-corrected chi connectivity index (χ2v) is 10.4. The lowest BCUT2D eigenvalue weighted by Gasteiger charge is -2.35. The van der Waals surface area contributed by atoms with Crippen LogP contribution < -0.4 is 26.6 Å². The molecule has 0 aromatic heterocycles. The van der Waals surface area contributed by atoms with Gasteiger partial charge in [0.05, 0.1) is 6.04 Å². The molecule has 1 aromatic rings. The number of nitrogens with zero attached hydrogens (tertiary/aromatic N) is 1. The smallest absolute Gasteiger partial charge is 0.246 e. The fraction of sp³-hybridized carbons (Fsp3) is 0.593. The zero-order valence-corrected chi connectivity index (χ0v) is 22.0. The molecule has 5 N–H and O–H groups in total. The number of hydrogen-bond donors (Lipinski definition) is 5. The summed E-state index contributed by atoms with van der Waals surface area (Å²) in [7, 11) is 1.69. The van der Waals surface area contributed by atoms with Crippen molar-refractivity contribution in [2.24, 2.45) is 0 Å². The van der Waals surface area contributed by atoms with E-state index in [-0.39, 0.29) is 42.1 Å². The molecular weight excluding hydrogens is 488 g/mol. The van der Waals surface area contributed by atoms with Gasteiger partial charge in [0.2, 0.25) is 29.5 Å². The lowest BCUT2D eigenvalue weighted by molar-refractivity contribution is -0.144. The molecule has 5 amide bonds. The number of rotatable bonds is 8. The normalized spacial score (nSPS) is 26.0. The largest absolute Gasteiger partial charge is 0.350 e. The first-order chi connectivity index (χ1) is 18.3. The van der Waals surface area contributed by atoms with E-state index in [4.69, 9.17) is 0 Å². The van der Waals surface area contributed by atoms with Crippen molar-refractivity contribution in [3.05, 3.63) is 29.8 Å². The second-order valence-electron chi connectivity index (χ2n) is 10.4. The number of nitrogens with one attached hydrogen (secondary N) is 5. The number of amides is 5. The quantitative estimate of drug-likeness (QED) is 0.334. The van der Waals surface area contributed by atoms with Crippen LogP contribution in [0.25, 0.3) is 0 Å². The number of anilines is 1. The monoisotopic (exact) mass is 526 g/mol. The summed E-state index contributed by atoms with van der Waals surface area (Å²) < 4.78 is 0. The van der Waals surface area contributed by atoms with E-state index < -0.39 is 24.2 Å². The van der Waals surface area contributed by atoms with E-state index in [0.29, 0.717) is 31.4 Å². The molecule has 1 aromatic carbocycles. The average Bonchev–Trinajstić information content (AvgIpc) is 3.53. The fourth-order valence-corrected chi connectivity index (χ4v) is 5.46. The molecule has 3 heterocycles. The number of carbonyl (C=O) groups is 5.